The topological polar surface area (TPSA) is 61.4 Å². The Morgan fingerprint density at radius 2 is 2.13 bits per heavy atom. The van der Waals surface area contributed by atoms with Crippen LogP contribution in [0, 0.1) is 0 Å². The Morgan fingerprint density at radius 1 is 1.43 bits per heavy atom. The van der Waals surface area contributed by atoms with Crippen LogP contribution in [0.5, 0.6) is 0 Å². The van der Waals surface area contributed by atoms with E-state index >= 15 is 0 Å². The number of amides is 2. The molecule has 0 aliphatic carbocycles. The third-order valence-corrected chi connectivity index (χ3v) is 4.98. The second kappa shape index (κ2) is 7.00. The molecule has 1 fully saturated rings. The minimum absolute atomic E-state index is 0.00489. The minimum Gasteiger partial charge on any atom is -0.387 e. The molecule has 8 heteroatoms. The predicted molar refractivity (Wildman–Crippen MR) is 83.3 cm³/mol. The zero-order chi connectivity index (χ0) is 17.1. The van der Waals surface area contributed by atoms with Crippen LogP contribution < -0.4 is 10.6 Å². The summed E-state index contributed by atoms with van der Waals surface area (Å²) in [4.78, 5) is 11.9. The maximum absolute atomic E-state index is 13.0. The van der Waals surface area contributed by atoms with E-state index in [9.17, 15) is 23.1 Å². The summed E-state index contributed by atoms with van der Waals surface area (Å²) in [7, 11) is 0. The van der Waals surface area contributed by atoms with Gasteiger partial charge in [-0.2, -0.15) is 24.9 Å². The number of hydrogen-bond donors (Lipinski definition) is 3. The first kappa shape index (κ1) is 17.9. The molecule has 0 saturated carbocycles. The molecule has 0 radical (unpaired) electrons. The number of carbonyl (C=O) groups is 1. The SMILES string of the molecule is C[C@@H](NC(=O)NC[C@]1(O)CCSC1)c1ccccc1C(F)(F)F. The number of nitrogens with one attached hydrogen (secondary N) is 2. The maximum Gasteiger partial charge on any atom is 0.416 e. The fourth-order valence-corrected chi connectivity index (χ4v) is 3.73. The molecule has 0 unspecified atom stereocenters. The van der Waals surface area contributed by atoms with Gasteiger partial charge in [-0.15, -0.1) is 0 Å². The first-order valence-corrected chi connectivity index (χ1v) is 8.37. The molecule has 1 aliphatic heterocycles. The molecule has 1 saturated heterocycles. The molecule has 128 valence electrons. The molecule has 2 rings (SSSR count). The van der Waals surface area contributed by atoms with E-state index in [0.717, 1.165) is 11.8 Å². The first-order chi connectivity index (χ1) is 10.7. The fourth-order valence-electron chi connectivity index (χ4n) is 2.44. The lowest BCUT2D eigenvalue weighted by Crippen LogP contribution is -2.47. The molecular weight excluding hydrogens is 329 g/mol. The summed E-state index contributed by atoms with van der Waals surface area (Å²) in [5.41, 5.74) is -1.70. The number of aliphatic hydroxyl groups is 1. The molecule has 0 bridgehead atoms. The van der Waals surface area contributed by atoms with Crippen LogP contribution >= 0.6 is 11.8 Å². The van der Waals surface area contributed by atoms with Gasteiger partial charge in [-0.1, -0.05) is 18.2 Å². The Kier molecular flexibility index (Phi) is 5.46. The quantitative estimate of drug-likeness (QED) is 0.784. The first-order valence-electron chi connectivity index (χ1n) is 7.22. The van der Waals surface area contributed by atoms with Crippen LogP contribution in [-0.4, -0.2) is 34.8 Å². The molecule has 4 nitrogen and oxygen atoms in total. The standard InChI is InChI=1S/C15H19F3N2O2S/c1-10(11-4-2-3-5-12(11)15(16,17)18)20-13(21)19-8-14(22)6-7-23-9-14/h2-5,10,22H,6-9H2,1H3,(H2,19,20,21)/t10-,14-/m1/s1. The highest BCUT2D eigenvalue weighted by Gasteiger charge is 2.35. The number of thioether (sulfide) groups is 1. The lowest BCUT2D eigenvalue weighted by Gasteiger charge is -2.23. The number of halogens is 3. The fraction of sp³-hybridized carbons (Fsp3) is 0.533. The molecule has 1 aliphatic rings. The number of alkyl halides is 3. The van der Waals surface area contributed by atoms with Gasteiger partial charge < -0.3 is 15.7 Å². The number of hydrogen-bond acceptors (Lipinski definition) is 3. The van der Waals surface area contributed by atoms with Crippen molar-refractivity contribution >= 4 is 17.8 Å². The Morgan fingerprint density at radius 3 is 2.74 bits per heavy atom. The molecule has 1 heterocycles. The van der Waals surface area contributed by atoms with Gasteiger partial charge in [0.2, 0.25) is 0 Å². The molecule has 2 atom stereocenters. The van der Waals surface area contributed by atoms with Gasteiger partial charge in [-0.25, -0.2) is 4.79 Å². The Hall–Kier alpha value is -1.41. The van der Waals surface area contributed by atoms with Crippen LogP contribution in [0.4, 0.5) is 18.0 Å². The number of rotatable bonds is 4. The van der Waals surface area contributed by atoms with E-state index in [0.29, 0.717) is 12.2 Å². The highest BCUT2D eigenvalue weighted by atomic mass is 32.2. The normalized spacial score (nSPS) is 22.7. The van der Waals surface area contributed by atoms with E-state index in [1.807, 2.05) is 0 Å². The van der Waals surface area contributed by atoms with Crippen LogP contribution in [0.15, 0.2) is 24.3 Å². The molecule has 0 aromatic heterocycles. The molecule has 2 amide bonds. The van der Waals surface area contributed by atoms with Crippen molar-refractivity contribution in [1.29, 1.82) is 0 Å². The summed E-state index contributed by atoms with van der Waals surface area (Å²) >= 11 is 1.60. The van der Waals surface area contributed by atoms with Gasteiger partial charge in [0.1, 0.15) is 0 Å². The smallest absolute Gasteiger partial charge is 0.387 e. The minimum atomic E-state index is -4.47. The summed E-state index contributed by atoms with van der Waals surface area (Å²) in [6.07, 6.45) is -3.89. The molecule has 23 heavy (non-hydrogen) atoms. The van der Waals surface area contributed by atoms with Crippen molar-refractivity contribution in [3.8, 4) is 0 Å². The zero-order valence-electron chi connectivity index (χ0n) is 12.6. The van der Waals surface area contributed by atoms with Crippen molar-refractivity contribution in [3.05, 3.63) is 35.4 Å². The molecule has 0 spiro atoms. The van der Waals surface area contributed by atoms with E-state index in [-0.39, 0.29) is 12.1 Å². The van der Waals surface area contributed by atoms with Crippen LogP contribution in [-0.2, 0) is 6.18 Å². The zero-order valence-corrected chi connectivity index (χ0v) is 13.4. The number of benzene rings is 1. The van der Waals surface area contributed by atoms with Gasteiger partial charge in [0.15, 0.2) is 0 Å². The van der Waals surface area contributed by atoms with Crippen molar-refractivity contribution in [2.75, 3.05) is 18.1 Å². The van der Waals surface area contributed by atoms with Gasteiger partial charge in [-0.3, -0.25) is 0 Å². The van der Waals surface area contributed by atoms with Gasteiger partial charge in [0, 0.05) is 12.3 Å². The molecule has 3 N–H and O–H groups in total. The highest BCUT2D eigenvalue weighted by molar-refractivity contribution is 7.99. The second-order valence-electron chi connectivity index (χ2n) is 5.66. The highest BCUT2D eigenvalue weighted by Crippen LogP contribution is 2.34. The largest absolute Gasteiger partial charge is 0.416 e. The van der Waals surface area contributed by atoms with Crippen LogP contribution in [0.1, 0.15) is 30.5 Å². The predicted octanol–water partition coefficient (Wildman–Crippen LogP) is 2.93. The lowest BCUT2D eigenvalue weighted by molar-refractivity contribution is -0.138. The van der Waals surface area contributed by atoms with Crippen molar-refractivity contribution in [2.45, 2.75) is 31.2 Å². The summed E-state index contributed by atoms with van der Waals surface area (Å²) in [6, 6.07) is 3.74. The monoisotopic (exact) mass is 348 g/mol. The van der Waals surface area contributed by atoms with E-state index in [1.165, 1.54) is 25.1 Å². The van der Waals surface area contributed by atoms with Crippen LogP contribution in [0.2, 0.25) is 0 Å². The van der Waals surface area contributed by atoms with E-state index in [4.69, 9.17) is 0 Å². The van der Waals surface area contributed by atoms with Crippen molar-refractivity contribution in [2.24, 2.45) is 0 Å². The third kappa shape index (κ3) is 4.78. The van der Waals surface area contributed by atoms with E-state index in [1.54, 1.807) is 11.8 Å². The van der Waals surface area contributed by atoms with Crippen molar-refractivity contribution < 1.29 is 23.1 Å². The Balaban J connectivity index is 1.96. The van der Waals surface area contributed by atoms with Gasteiger partial charge in [0.25, 0.3) is 0 Å². The third-order valence-electron chi connectivity index (χ3n) is 3.74. The Bertz CT molecular complexity index is 560. The number of carbonyl (C=O) groups excluding carboxylic acids is 1. The maximum atomic E-state index is 13.0. The lowest BCUT2D eigenvalue weighted by atomic mass is 10.0. The molecule has 1 aromatic carbocycles. The van der Waals surface area contributed by atoms with E-state index < -0.39 is 29.4 Å². The molecular formula is C15H19F3N2O2S. The average Bonchev–Trinajstić information content (AvgIpc) is 2.92. The summed E-state index contributed by atoms with van der Waals surface area (Å²) in [5, 5.41) is 15.1. The van der Waals surface area contributed by atoms with Gasteiger partial charge >= 0.3 is 12.2 Å². The van der Waals surface area contributed by atoms with Crippen molar-refractivity contribution in [1.82, 2.24) is 10.6 Å². The van der Waals surface area contributed by atoms with Crippen LogP contribution in [0.3, 0.4) is 0 Å². The summed E-state index contributed by atoms with van der Waals surface area (Å²) in [5.74, 6) is 1.37. The van der Waals surface area contributed by atoms with Crippen molar-refractivity contribution in [3.63, 3.8) is 0 Å². The summed E-state index contributed by atoms with van der Waals surface area (Å²) < 4.78 is 39.0. The number of urea groups is 1. The van der Waals surface area contributed by atoms with Gasteiger partial charge in [0.05, 0.1) is 17.2 Å². The average molecular weight is 348 g/mol. The summed E-state index contributed by atoms with van der Waals surface area (Å²) in [6.45, 7) is 1.57. The van der Waals surface area contributed by atoms with E-state index in [2.05, 4.69) is 10.6 Å². The van der Waals surface area contributed by atoms with Crippen LogP contribution in [0.25, 0.3) is 0 Å². The Labute approximate surface area is 136 Å². The second-order valence-corrected chi connectivity index (χ2v) is 6.77. The van der Waals surface area contributed by atoms with Gasteiger partial charge in [-0.05, 0) is 30.7 Å². The molecule has 1 aromatic rings.